The Morgan fingerprint density at radius 2 is 2.05 bits per heavy atom. The highest BCUT2D eigenvalue weighted by atomic mass is 16.5. The van der Waals surface area contributed by atoms with E-state index >= 15 is 0 Å². The van der Waals surface area contributed by atoms with Crippen LogP contribution in [0.2, 0.25) is 0 Å². The van der Waals surface area contributed by atoms with Crippen molar-refractivity contribution in [2.45, 2.75) is 38.5 Å². The predicted octanol–water partition coefficient (Wildman–Crippen LogP) is 3.49. The summed E-state index contributed by atoms with van der Waals surface area (Å²) < 4.78 is 5.48. The first-order valence-electron chi connectivity index (χ1n) is 7.66. The fourth-order valence-corrected chi connectivity index (χ4v) is 3.25. The number of ketones is 1. The summed E-state index contributed by atoms with van der Waals surface area (Å²) in [6.45, 7) is 2.09. The summed E-state index contributed by atoms with van der Waals surface area (Å²) in [4.78, 5) is 12.4. The smallest absolute Gasteiger partial charge is 0.205 e. The first kappa shape index (κ1) is 14.5. The van der Waals surface area contributed by atoms with Crippen LogP contribution in [-0.2, 0) is 16.0 Å². The maximum Gasteiger partial charge on any atom is 0.205 e. The average Bonchev–Trinajstić information content (AvgIpc) is 2.54. The summed E-state index contributed by atoms with van der Waals surface area (Å²) in [5, 5.41) is 17.5. The van der Waals surface area contributed by atoms with Gasteiger partial charge in [0.05, 0.1) is 6.07 Å². The van der Waals surface area contributed by atoms with Crippen molar-refractivity contribution in [2.75, 3.05) is 0 Å². The van der Waals surface area contributed by atoms with E-state index in [1.807, 2.05) is 24.3 Å². The standard InChI is InChI=1S/C18H18N2O2/c1-2-11-6-8-12(9-7-11)16-13(10-19)18(20)22-15-5-3-4-14(21)17(15)16/h6-9,13,16,20H,2-5H2,1H3. The molecule has 2 unspecified atom stereocenters. The first-order valence-corrected chi connectivity index (χ1v) is 7.66. The normalized spacial score (nSPS) is 24.5. The quantitative estimate of drug-likeness (QED) is 0.907. The van der Waals surface area contributed by atoms with Gasteiger partial charge in [0.2, 0.25) is 5.90 Å². The van der Waals surface area contributed by atoms with Gasteiger partial charge in [-0.2, -0.15) is 5.26 Å². The van der Waals surface area contributed by atoms with Crippen LogP contribution in [-0.4, -0.2) is 11.7 Å². The van der Waals surface area contributed by atoms with E-state index in [9.17, 15) is 10.1 Å². The van der Waals surface area contributed by atoms with E-state index < -0.39 is 5.92 Å². The fourth-order valence-electron chi connectivity index (χ4n) is 3.25. The van der Waals surface area contributed by atoms with Gasteiger partial charge in [-0.3, -0.25) is 10.2 Å². The molecule has 0 aromatic heterocycles. The number of rotatable bonds is 2. The zero-order valence-electron chi connectivity index (χ0n) is 12.6. The van der Waals surface area contributed by atoms with Crippen LogP contribution >= 0.6 is 0 Å². The molecule has 1 aliphatic carbocycles. The second-order valence-corrected chi connectivity index (χ2v) is 5.76. The Kier molecular flexibility index (Phi) is 3.81. The lowest BCUT2D eigenvalue weighted by Gasteiger charge is -2.34. The minimum atomic E-state index is -0.728. The zero-order chi connectivity index (χ0) is 15.7. The Bertz CT molecular complexity index is 695. The van der Waals surface area contributed by atoms with Crippen molar-refractivity contribution >= 4 is 11.7 Å². The molecule has 22 heavy (non-hydrogen) atoms. The molecule has 0 amide bonds. The van der Waals surface area contributed by atoms with Crippen molar-refractivity contribution in [1.29, 1.82) is 10.7 Å². The monoisotopic (exact) mass is 294 g/mol. The van der Waals surface area contributed by atoms with Gasteiger partial charge in [-0.15, -0.1) is 0 Å². The number of carbonyl (C=O) groups is 1. The number of Topliss-reactive ketones (excluding diaryl/α,β-unsaturated/α-hetero) is 1. The van der Waals surface area contributed by atoms with E-state index in [1.54, 1.807) is 0 Å². The van der Waals surface area contributed by atoms with Crippen molar-refractivity contribution in [3.05, 3.63) is 46.7 Å². The van der Waals surface area contributed by atoms with Gasteiger partial charge in [0.25, 0.3) is 0 Å². The van der Waals surface area contributed by atoms with Gasteiger partial charge in [-0.1, -0.05) is 31.2 Å². The van der Waals surface area contributed by atoms with Crippen molar-refractivity contribution < 1.29 is 9.53 Å². The molecule has 2 atom stereocenters. The highest BCUT2D eigenvalue weighted by Crippen LogP contribution is 2.43. The van der Waals surface area contributed by atoms with Crippen LogP contribution in [0.15, 0.2) is 35.6 Å². The summed E-state index contributed by atoms with van der Waals surface area (Å²) in [5.41, 5.74) is 2.74. The molecular weight excluding hydrogens is 276 g/mol. The van der Waals surface area contributed by atoms with Gasteiger partial charge in [-0.25, -0.2) is 0 Å². The molecule has 0 saturated carbocycles. The van der Waals surface area contributed by atoms with Gasteiger partial charge >= 0.3 is 0 Å². The fraction of sp³-hybridized carbons (Fsp3) is 0.389. The molecule has 1 heterocycles. The molecule has 4 heteroatoms. The molecule has 0 saturated heterocycles. The van der Waals surface area contributed by atoms with E-state index in [2.05, 4.69) is 13.0 Å². The van der Waals surface area contributed by atoms with E-state index in [-0.39, 0.29) is 17.6 Å². The summed E-state index contributed by atoms with van der Waals surface area (Å²) in [5.74, 6) is -0.496. The third-order valence-electron chi connectivity index (χ3n) is 4.45. The molecule has 1 N–H and O–H groups in total. The summed E-state index contributed by atoms with van der Waals surface area (Å²) in [6, 6.07) is 10.1. The number of benzene rings is 1. The van der Waals surface area contributed by atoms with Crippen LogP contribution in [0, 0.1) is 22.7 Å². The number of allylic oxidation sites excluding steroid dienone is 2. The molecule has 3 rings (SSSR count). The maximum atomic E-state index is 12.4. The Balaban J connectivity index is 2.11. The van der Waals surface area contributed by atoms with E-state index in [0.717, 1.165) is 18.4 Å². The Morgan fingerprint density at radius 3 is 2.68 bits per heavy atom. The summed E-state index contributed by atoms with van der Waals surface area (Å²) in [7, 11) is 0. The third-order valence-corrected chi connectivity index (χ3v) is 4.45. The van der Waals surface area contributed by atoms with Crippen molar-refractivity contribution in [3.63, 3.8) is 0 Å². The number of nitrogens with one attached hydrogen (secondary N) is 1. The number of carbonyl (C=O) groups excluding carboxylic acids is 1. The minimum Gasteiger partial charge on any atom is -0.446 e. The lowest BCUT2D eigenvalue weighted by atomic mass is 9.74. The van der Waals surface area contributed by atoms with Gasteiger partial charge < -0.3 is 4.74 Å². The average molecular weight is 294 g/mol. The molecule has 112 valence electrons. The number of nitrogens with zero attached hydrogens (tertiary/aromatic N) is 1. The summed E-state index contributed by atoms with van der Waals surface area (Å²) >= 11 is 0. The largest absolute Gasteiger partial charge is 0.446 e. The zero-order valence-corrected chi connectivity index (χ0v) is 12.6. The number of ether oxygens (including phenoxy) is 1. The van der Waals surface area contributed by atoms with Crippen LogP contribution in [0.1, 0.15) is 43.2 Å². The molecule has 0 fully saturated rings. The molecule has 1 aromatic rings. The third kappa shape index (κ3) is 2.33. The van der Waals surface area contributed by atoms with E-state index in [0.29, 0.717) is 24.2 Å². The molecule has 2 aliphatic rings. The second-order valence-electron chi connectivity index (χ2n) is 5.76. The van der Waals surface area contributed by atoms with E-state index in [4.69, 9.17) is 10.1 Å². The molecule has 4 nitrogen and oxygen atoms in total. The van der Waals surface area contributed by atoms with Crippen LogP contribution in [0.5, 0.6) is 0 Å². The lowest BCUT2D eigenvalue weighted by molar-refractivity contribution is -0.116. The molecule has 1 aliphatic heterocycles. The second kappa shape index (κ2) is 5.76. The van der Waals surface area contributed by atoms with Crippen molar-refractivity contribution in [2.24, 2.45) is 5.92 Å². The van der Waals surface area contributed by atoms with Crippen LogP contribution < -0.4 is 0 Å². The Morgan fingerprint density at radius 1 is 1.32 bits per heavy atom. The molecule has 1 aromatic carbocycles. The molecule has 0 bridgehead atoms. The topological polar surface area (TPSA) is 73.9 Å². The van der Waals surface area contributed by atoms with Crippen LogP contribution in [0.3, 0.4) is 0 Å². The minimum absolute atomic E-state index is 0.0412. The van der Waals surface area contributed by atoms with Gasteiger partial charge in [0.15, 0.2) is 5.78 Å². The Labute approximate surface area is 129 Å². The first-order chi connectivity index (χ1) is 10.7. The SMILES string of the molecule is CCc1ccc(C2C3=C(CCCC3=O)OC(=N)C2C#N)cc1. The van der Waals surface area contributed by atoms with Crippen LogP contribution in [0.4, 0.5) is 0 Å². The number of hydrogen-bond acceptors (Lipinski definition) is 4. The van der Waals surface area contributed by atoms with Crippen LogP contribution in [0.25, 0.3) is 0 Å². The number of hydrogen-bond donors (Lipinski definition) is 1. The highest BCUT2D eigenvalue weighted by Gasteiger charge is 2.42. The maximum absolute atomic E-state index is 12.4. The number of aryl methyl sites for hydroxylation is 1. The van der Waals surface area contributed by atoms with Gasteiger partial charge in [0.1, 0.15) is 11.7 Å². The predicted molar refractivity (Wildman–Crippen MR) is 82.4 cm³/mol. The highest BCUT2D eigenvalue weighted by molar-refractivity contribution is 6.01. The number of nitriles is 1. The van der Waals surface area contributed by atoms with Gasteiger partial charge in [0, 0.05) is 24.3 Å². The lowest BCUT2D eigenvalue weighted by Crippen LogP contribution is -2.34. The van der Waals surface area contributed by atoms with Crippen molar-refractivity contribution in [1.82, 2.24) is 0 Å². The molecule has 0 radical (unpaired) electrons. The summed E-state index contributed by atoms with van der Waals surface area (Å²) in [6.07, 6.45) is 2.87. The van der Waals surface area contributed by atoms with Crippen molar-refractivity contribution in [3.8, 4) is 6.07 Å². The van der Waals surface area contributed by atoms with E-state index in [1.165, 1.54) is 5.56 Å². The molecular formula is C18H18N2O2. The van der Waals surface area contributed by atoms with Gasteiger partial charge in [-0.05, 0) is 24.0 Å². The molecule has 0 spiro atoms. The Hall–Kier alpha value is -2.41.